The van der Waals surface area contributed by atoms with Gasteiger partial charge in [0.1, 0.15) is 12.6 Å². The highest BCUT2D eigenvalue weighted by Gasteiger charge is 2.57. The molecule has 0 radical (unpaired) electrons. The first kappa shape index (κ1) is 20.9. The van der Waals surface area contributed by atoms with Crippen LogP contribution in [0.4, 0.5) is 0 Å². The molecule has 2 fully saturated rings. The number of hydrogen-bond donors (Lipinski definition) is 0. The van der Waals surface area contributed by atoms with Gasteiger partial charge in [0.2, 0.25) is 0 Å². The van der Waals surface area contributed by atoms with E-state index in [1.807, 2.05) is 0 Å². The van der Waals surface area contributed by atoms with E-state index in [1.165, 1.54) is 12.8 Å². The normalized spacial score (nSPS) is 34.2. The zero-order chi connectivity index (χ0) is 18.7. The molecule has 0 N–H and O–H groups in total. The average molecular weight is 355 g/mol. The first-order valence-electron chi connectivity index (χ1n) is 9.93. The Morgan fingerprint density at radius 3 is 2.68 bits per heavy atom. The van der Waals surface area contributed by atoms with Gasteiger partial charge in [0.25, 0.3) is 0 Å². The Bertz CT molecular complexity index is 447. The number of ether oxygens (including phenoxy) is 3. The lowest BCUT2D eigenvalue weighted by molar-refractivity contribution is -0.134. The smallest absolute Gasteiger partial charge is 0.147 e. The van der Waals surface area contributed by atoms with Crippen molar-refractivity contribution in [3.8, 4) is 0 Å². The van der Waals surface area contributed by atoms with E-state index in [2.05, 4.69) is 27.7 Å². The van der Waals surface area contributed by atoms with E-state index in [9.17, 15) is 4.79 Å². The van der Waals surface area contributed by atoms with Crippen molar-refractivity contribution in [2.45, 2.75) is 84.3 Å². The van der Waals surface area contributed by atoms with Crippen LogP contribution >= 0.6 is 0 Å². The van der Waals surface area contributed by atoms with E-state index >= 15 is 0 Å². The molecule has 0 unspecified atom stereocenters. The standard InChI is InChI=1S/C21H38O4/c1-15(9-7-11-20(2,3)25-14-23-5)16-13-18(24-6)19-17(22)10-8-12-21(16,19)4/h15-16,18-19H,7-14H2,1-6H3/t15-,16-,18+,19-,21-/m1/s1. The molecule has 0 aliphatic heterocycles. The molecule has 25 heavy (non-hydrogen) atoms. The van der Waals surface area contributed by atoms with Crippen LogP contribution in [0.5, 0.6) is 0 Å². The molecule has 0 aromatic carbocycles. The molecule has 2 aliphatic carbocycles. The summed E-state index contributed by atoms with van der Waals surface area (Å²) in [6.45, 7) is 9.32. The number of carbonyl (C=O) groups is 1. The fraction of sp³-hybridized carbons (Fsp3) is 0.952. The average Bonchev–Trinajstić information content (AvgIpc) is 2.86. The lowest BCUT2D eigenvalue weighted by Crippen LogP contribution is -2.42. The van der Waals surface area contributed by atoms with E-state index in [0.717, 1.165) is 32.1 Å². The van der Waals surface area contributed by atoms with E-state index in [1.54, 1.807) is 14.2 Å². The maximum atomic E-state index is 12.6. The van der Waals surface area contributed by atoms with Gasteiger partial charge in [-0.15, -0.1) is 0 Å². The minimum atomic E-state index is -0.145. The summed E-state index contributed by atoms with van der Waals surface area (Å²) in [6.07, 6.45) is 7.45. The molecule has 0 spiro atoms. The van der Waals surface area contributed by atoms with Crippen molar-refractivity contribution in [1.82, 2.24) is 0 Å². The maximum Gasteiger partial charge on any atom is 0.147 e. The van der Waals surface area contributed by atoms with Crippen molar-refractivity contribution in [3.63, 3.8) is 0 Å². The van der Waals surface area contributed by atoms with Gasteiger partial charge in [-0.2, -0.15) is 0 Å². The van der Waals surface area contributed by atoms with E-state index in [-0.39, 0.29) is 23.0 Å². The summed E-state index contributed by atoms with van der Waals surface area (Å²) in [5, 5.41) is 0. The van der Waals surface area contributed by atoms with Crippen LogP contribution in [0.3, 0.4) is 0 Å². The molecule has 146 valence electrons. The van der Waals surface area contributed by atoms with E-state index in [0.29, 0.717) is 24.4 Å². The maximum absolute atomic E-state index is 12.6. The highest BCUT2D eigenvalue weighted by Crippen LogP contribution is 2.57. The summed E-state index contributed by atoms with van der Waals surface area (Å²) in [5.74, 6) is 1.73. The lowest BCUT2D eigenvalue weighted by atomic mass is 9.61. The Labute approximate surface area is 154 Å². The summed E-state index contributed by atoms with van der Waals surface area (Å²) in [7, 11) is 3.43. The van der Waals surface area contributed by atoms with Gasteiger partial charge in [0, 0.05) is 26.6 Å². The molecule has 2 saturated carbocycles. The fourth-order valence-electron chi connectivity index (χ4n) is 5.48. The van der Waals surface area contributed by atoms with Gasteiger partial charge < -0.3 is 14.2 Å². The molecule has 2 rings (SSSR count). The minimum Gasteiger partial charge on any atom is -0.381 e. The molecule has 2 aliphatic rings. The molecule has 0 aromatic rings. The summed E-state index contributed by atoms with van der Waals surface area (Å²) in [4.78, 5) is 12.6. The van der Waals surface area contributed by atoms with Crippen molar-refractivity contribution in [2.75, 3.05) is 21.0 Å². The van der Waals surface area contributed by atoms with Crippen molar-refractivity contribution >= 4 is 5.78 Å². The van der Waals surface area contributed by atoms with E-state index in [4.69, 9.17) is 14.2 Å². The van der Waals surface area contributed by atoms with Crippen LogP contribution in [0.25, 0.3) is 0 Å². The quantitative estimate of drug-likeness (QED) is 0.568. The van der Waals surface area contributed by atoms with Crippen LogP contribution < -0.4 is 0 Å². The first-order chi connectivity index (χ1) is 11.7. The Morgan fingerprint density at radius 2 is 2.04 bits per heavy atom. The number of methoxy groups -OCH3 is 2. The molecule has 0 saturated heterocycles. The van der Waals surface area contributed by atoms with Crippen LogP contribution in [0.1, 0.15) is 72.6 Å². The van der Waals surface area contributed by atoms with Gasteiger partial charge >= 0.3 is 0 Å². The van der Waals surface area contributed by atoms with Gasteiger partial charge in [-0.25, -0.2) is 0 Å². The number of carbonyl (C=O) groups excluding carboxylic acids is 1. The second-order valence-electron chi connectivity index (χ2n) is 9.10. The number of hydrogen-bond acceptors (Lipinski definition) is 4. The zero-order valence-corrected chi connectivity index (χ0v) is 17.1. The SMILES string of the molecule is COCOC(C)(C)CCC[C@@H](C)[C@H]1C[C@H](OC)[C@H]2C(=O)CCC[C@]12C. The summed E-state index contributed by atoms with van der Waals surface area (Å²) < 4.78 is 16.5. The molecular weight excluding hydrogens is 316 g/mol. The molecule has 0 bridgehead atoms. The predicted octanol–water partition coefficient (Wildman–Crippen LogP) is 4.60. The Morgan fingerprint density at radius 1 is 1.32 bits per heavy atom. The van der Waals surface area contributed by atoms with Crippen molar-refractivity contribution in [3.05, 3.63) is 0 Å². The zero-order valence-electron chi connectivity index (χ0n) is 17.1. The van der Waals surface area contributed by atoms with Crippen molar-refractivity contribution in [1.29, 1.82) is 0 Å². The summed E-state index contributed by atoms with van der Waals surface area (Å²) >= 11 is 0. The highest BCUT2D eigenvalue weighted by molar-refractivity contribution is 5.83. The lowest BCUT2D eigenvalue weighted by Gasteiger charge is -2.42. The van der Waals surface area contributed by atoms with Gasteiger partial charge in [-0.3, -0.25) is 4.79 Å². The van der Waals surface area contributed by atoms with Crippen LogP contribution in [0, 0.1) is 23.2 Å². The monoisotopic (exact) mass is 354 g/mol. The van der Waals surface area contributed by atoms with Crippen LogP contribution in [0.2, 0.25) is 0 Å². The van der Waals surface area contributed by atoms with Gasteiger partial charge in [0.05, 0.1) is 11.7 Å². The number of fused-ring (bicyclic) bond motifs is 1. The first-order valence-corrected chi connectivity index (χ1v) is 9.93. The van der Waals surface area contributed by atoms with E-state index < -0.39 is 0 Å². The highest BCUT2D eigenvalue weighted by atomic mass is 16.7. The second kappa shape index (κ2) is 8.49. The Kier molecular flexibility index (Phi) is 7.09. The van der Waals surface area contributed by atoms with Crippen molar-refractivity contribution in [2.24, 2.45) is 23.2 Å². The van der Waals surface area contributed by atoms with Crippen LogP contribution in [-0.4, -0.2) is 38.5 Å². The second-order valence-corrected chi connectivity index (χ2v) is 9.10. The third-order valence-electron chi connectivity index (χ3n) is 6.90. The molecule has 5 atom stereocenters. The van der Waals surface area contributed by atoms with Gasteiger partial charge in [-0.05, 0) is 56.8 Å². The molecule has 0 aromatic heterocycles. The third kappa shape index (κ3) is 4.64. The molecule has 0 amide bonds. The molecular formula is C21H38O4. The molecule has 4 heteroatoms. The van der Waals surface area contributed by atoms with Crippen LogP contribution in [0.15, 0.2) is 0 Å². The summed E-state index contributed by atoms with van der Waals surface area (Å²) in [6, 6.07) is 0. The van der Waals surface area contributed by atoms with Crippen LogP contribution in [-0.2, 0) is 19.0 Å². The van der Waals surface area contributed by atoms with Gasteiger partial charge in [0.15, 0.2) is 0 Å². The predicted molar refractivity (Wildman–Crippen MR) is 99.4 cm³/mol. The Hall–Kier alpha value is -0.450. The number of ketones is 1. The van der Waals surface area contributed by atoms with Gasteiger partial charge in [-0.1, -0.05) is 26.7 Å². The topological polar surface area (TPSA) is 44.8 Å². The fourth-order valence-corrected chi connectivity index (χ4v) is 5.48. The van der Waals surface area contributed by atoms with Crippen molar-refractivity contribution < 1.29 is 19.0 Å². The number of rotatable bonds is 9. The Balaban J connectivity index is 1.94. The molecule has 4 nitrogen and oxygen atoms in total. The minimum absolute atomic E-state index is 0.111. The number of Topliss-reactive ketones (excluding diaryl/α,β-unsaturated/α-hetero) is 1. The largest absolute Gasteiger partial charge is 0.381 e. The summed E-state index contributed by atoms with van der Waals surface area (Å²) in [5.41, 5.74) is -0.0226. The molecule has 0 heterocycles. The third-order valence-corrected chi connectivity index (χ3v) is 6.90.